The van der Waals surface area contributed by atoms with E-state index in [1.807, 2.05) is 34.5 Å². The van der Waals surface area contributed by atoms with Crippen LogP contribution in [0.5, 0.6) is 0 Å². The topological polar surface area (TPSA) is 43.6 Å². The number of hydrogen-bond donors (Lipinski definition) is 0. The first-order valence-electron chi connectivity index (χ1n) is 6.28. The van der Waals surface area contributed by atoms with Crippen molar-refractivity contribution in [2.75, 3.05) is 0 Å². The summed E-state index contributed by atoms with van der Waals surface area (Å²) in [6.07, 6.45) is 6.09. The molecule has 0 amide bonds. The van der Waals surface area contributed by atoms with Crippen molar-refractivity contribution in [3.63, 3.8) is 0 Å². The number of hydrogen-bond acceptors (Lipinski definition) is 4. The number of thiazole rings is 1. The molecule has 3 aromatic rings. The van der Waals surface area contributed by atoms with E-state index in [9.17, 15) is 0 Å². The van der Waals surface area contributed by atoms with Crippen molar-refractivity contribution in [1.82, 2.24) is 19.7 Å². The van der Waals surface area contributed by atoms with Gasteiger partial charge in [0.1, 0.15) is 0 Å². The third-order valence-electron chi connectivity index (χ3n) is 2.97. The minimum atomic E-state index is 0.227. The standard InChI is InChI=1S/C14H13ClN4S/c1-10(19-8-11(15)7-17-19)6-14-18-13(9-20-14)12-4-2-3-5-16-12/h2-5,7-10H,6H2,1H3. The summed E-state index contributed by atoms with van der Waals surface area (Å²) in [5, 5.41) is 8.00. The van der Waals surface area contributed by atoms with Crippen LogP contribution >= 0.6 is 22.9 Å². The lowest BCUT2D eigenvalue weighted by Crippen LogP contribution is -2.08. The predicted molar refractivity (Wildman–Crippen MR) is 81.0 cm³/mol. The zero-order chi connectivity index (χ0) is 13.9. The second-order valence-electron chi connectivity index (χ2n) is 4.53. The van der Waals surface area contributed by atoms with Crippen molar-refractivity contribution in [3.05, 3.63) is 52.2 Å². The van der Waals surface area contributed by atoms with Crippen LogP contribution in [0.4, 0.5) is 0 Å². The van der Waals surface area contributed by atoms with Crippen molar-refractivity contribution < 1.29 is 0 Å². The van der Waals surface area contributed by atoms with E-state index in [0.717, 1.165) is 22.8 Å². The van der Waals surface area contributed by atoms with Gasteiger partial charge in [0, 0.05) is 24.2 Å². The van der Waals surface area contributed by atoms with Gasteiger partial charge >= 0.3 is 0 Å². The molecule has 0 saturated heterocycles. The molecule has 0 saturated carbocycles. The zero-order valence-corrected chi connectivity index (χ0v) is 12.5. The molecular formula is C14H13ClN4S. The fourth-order valence-corrected chi connectivity index (χ4v) is 2.99. The Hall–Kier alpha value is -1.72. The number of halogens is 1. The first kappa shape index (κ1) is 13.3. The molecule has 0 aliphatic rings. The molecule has 0 spiro atoms. The van der Waals surface area contributed by atoms with Crippen molar-refractivity contribution in [3.8, 4) is 11.4 Å². The van der Waals surface area contributed by atoms with Crippen LogP contribution in [-0.4, -0.2) is 19.7 Å². The van der Waals surface area contributed by atoms with Crippen LogP contribution in [0.1, 0.15) is 18.0 Å². The van der Waals surface area contributed by atoms with Crippen LogP contribution < -0.4 is 0 Å². The van der Waals surface area contributed by atoms with E-state index < -0.39 is 0 Å². The molecule has 4 nitrogen and oxygen atoms in total. The molecule has 3 aromatic heterocycles. The van der Waals surface area contributed by atoms with Crippen molar-refractivity contribution >= 4 is 22.9 Å². The van der Waals surface area contributed by atoms with Gasteiger partial charge in [-0.05, 0) is 19.1 Å². The second-order valence-corrected chi connectivity index (χ2v) is 5.91. The summed E-state index contributed by atoms with van der Waals surface area (Å²) >= 11 is 7.54. The third-order valence-corrected chi connectivity index (χ3v) is 4.04. The number of pyridine rings is 1. The van der Waals surface area contributed by atoms with Gasteiger partial charge in [-0.2, -0.15) is 5.10 Å². The van der Waals surface area contributed by atoms with Gasteiger partial charge < -0.3 is 0 Å². The van der Waals surface area contributed by atoms with Gasteiger partial charge in [0.2, 0.25) is 0 Å². The number of rotatable bonds is 4. The predicted octanol–water partition coefficient (Wildman–Crippen LogP) is 3.86. The molecule has 6 heteroatoms. The molecule has 20 heavy (non-hydrogen) atoms. The molecule has 0 aliphatic heterocycles. The minimum Gasteiger partial charge on any atom is -0.268 e. The Morgan fingerprint density at radius 1 is 1.35 bits per heavy atom. The van der Waals surface area contributed by atoms with Crippen molar-refractivity contribution in [2.45, 2.75) is 19.4 Å². The third kappa shape index (κ3) is 2.89. The van der Waals surface area contributed by atoms with Crippen LogP contribution in [0.3, 0.4) is 0 Å². The molecule has 1 unspecified atom stereocenters. The van der Waals surface area contributed by atoms with Gasteiger partial charge in [0.05, 0.1) is 33.7 Å². The Morgan fingerprint density at radius 3 is 2.95 bits per heavy atom. The lowest BCUT2D eigenvalue weighted by molar-refractivity contribution is 0.488. The summed E-state index contributed by atoms with van der Waals surface area (Å²) < 4.78 is 1.87. The maximum Gasteiger partial charge on any atom is 0.0998 e. The zero-order valence-electron chi connectivity index (χ0n) is 10.9. The molecule has 0 aliphatic carbocycles. The van der Waals surface area contributed by atoms with E-state index in [-0.39, 0.29) is 6.04 Å². The lowest BCUT2D eigenvalue weighted by Gasteiger charge is -2.09. The Bertz CT molecular complexity index is 692. The summed E-state index contributed by atoms with van der Waals surface area (Å²) in [5.41, 5.74) is 1.83. The molecule has 3 heterocycles. The molecular weight excluding hydrogens is 292 g/mol. The molecule has 3 rings (SSSR count). The highest BCUT2D eigenvalue weighted by molar-refractivity contribution is 7.09. The minimum absolute atomic E-state index is 0.227. The highest BCUT2D eigenvalue weighted by Gasteiger charge is 2.11. The Balaban J connectivity index is 1.74. The first-order chi connectivity index (χ1) is 9.72. The fourth-order valence-electron chi connectivity index (χ4n) is 1.94. The summed E-state index contributed by atoms with van der Waals surface area (Å²) in [4.78, 5) is 8.95. The van der Waals surface area contributed by atoms with Crippen LogP contribution in [0.2, 0.25) is 5.02 Å². The normalized spacial score (nSPS) is 12.5. The average Bonchev–Trinajstić information content (AvgIpc) is 3.09. The Morgan fingerprint density at radius 2 is 2.25 bits per heavy atom. The van der Waals surface area contributed by atoms with E-state index in [1.165, 1.54) is 0 Å². The second kappa shape index (κ2) is 5.73. The summed E-state index contributed by atoms with van der Waals surface area (Å²) in [6.45, 7) is 2.10. The van der Waals surface area contributed by atoms with E-state index in [1.54, 1.807) is 23.7 Å². The average molecular weight is 305 g/mol. The van der Waals surface area contributed by atoms with Crippen LogP contribution in [0, 0.1) is 0 Å². The largest absolute Gasteiger partial charge is 0.268 e. The fraction of sp³-hybridized carbons (Fsp3) is 0.214. The van der Waals surface area contributed by atoms with Crippen molar-refractivity contribution in [1.29, 1.82) is 0 Å². The van der Waals surface area contributed by atoms with Crippen LogP contribution in [0.15, 0.2) is 42.2 Å². The van der Waals surface area contributed by atoms with Gasteiger partial charge in [-0.25, -0.2) is 4.98 Å². The first-order valence-corrected chi connectivity index (χ1v) is 7.53. The number of nitrogens with zero attached hydrogens (tertiary/aromatic N) is 4. The summed E-state index contributed by atoms with van der Waals surface area (Å²) in [6, 6.07) is 6.07. The monoisotopic (exact) mass is 304 g/mol. The Labute approximate surface area is 126 Å². The summed E-state index contributed by atoms with van der Waals surface area (Å²) in [7, 11) is 0. The summed E-state index contributed by atoms with van der Waals surface area (Å²) in [5.74, 6) is 0. The van der Waals surface area contributed by atoms with Gasteiger partial charge in [-0.3, -0.25) is 9.67 Å². The van der Waals surface area contributed by atoms with Gasteiger partial charge in [0.15, 0.2) is 0 Å². The van der Waals surface area contributed by atoms with E-state index in [0.29, 0.717) is 5.02 Å². The van der Waals surface area contributed by atoms with Gasteiger partial charge in [0.25, 0.3) is 0 Å². The molecule has 1 atom stereocenters. The highest BCUT2D eigenvalue weighted by Crippen LogP contribution is 2.23. The lowest BCUT2D eigenvalue weighted by atomic mass is 10.2. The van der Waals surface area contributed by atoms with E-state index in [4.69, 9.17) is 11.6 Å². The maximum absolute atomic E-state index is 5.89. The molecule has 0 aromatic carbocycles. The van der Waals surface area contributed by atoms with Gasteiger partial charge in [-0.1, -0.05) is 17.7 Å². The molecule has 0 bridgehead atoms. The molecule has 0 radical (unpaired) electrons. The van der Waals surface area contributed by atoms with Crippen molar-refractivity contribution in [2.24, 2.45) is 0 Å². The van der Waals surface area contributed by atoms with E-state index >= 15 is 0 Å². The number of aromatic nitrogens is 4. The highest BCUT2D eigenvalue weighted by atomic mass is 35.5. The SMILES string of the molecule is CC(Cc1nc(-c2ccccn2)cs1)n1cc(Cl)cn1. The smallest absolute Gasteiger partial charge is 0.0998 e. The van der Waals surface area contributed by atoms with E-state index in [2.05, 4.69) is 22.0 Å². The van der Waals surface area contributed by atoms with Crippen LogP contribution in [0.25, 0.3) is 11.4 Å². The Kier molecular flexibility index (Phi) is 3.80. The molecule has 0 fully saturated rings. The molecule has 0 N–H and O–H groups in total. The van der Waals surface area contributed by atoms with Gasteiger partial charge in [-0.15, -0.1) is 11.3 Å². The quantitative estimate of drug-likeness (QED) is 0.735. The maximum atomic E-state index is 5.89. The molecule has 102 valence electrons. The van der Waals surface area contributed by atoms with Crippen LogP contribution in [-0.2, 0) is 6.42 Å².